The molecule has 2 aromatic rings. The van der Waals surface area contributed by atoms with Gasteiger partial charge in [0.2, 0.25) is 0 Å². The summed E-state index contributed by atoms with van der Waals surface area (Å²) in [5.74, 6) is 0.482. The molecule has 0 spiro atoms. The maximum Gasteiger partial charge on any atom is 0.178 e. The van der Waals surface area contributed by atoms with E-state index in [1.165, 1.54) is 5.56 Å². The lowest BCUT2D eigenvalue weighted by atomic mass is 9.98. The van der Waals surface area contributed by atoms with Crippen LogP contribution in [-0.4, -0.2) is 19.2 Å². The normalized spacial score (nSPS) is 11.8. The molecule has 0 amide bonds. The minimum atomic E-state index is -3.23. The molecule has 2 rings (SSSR count). The lowest BCUT2D eigenvalue weighted by Crippen LogP contribution is -2.10. The van der Waals surface area contributed by atoms with E-state index in [4.69, 9.17) is 0 Å². The van der Waals surface area contributed by atoms with Crippen molar-refractivity contribution in [1.82, 2.24) is 4.98 Å². The number of aromatic nitrogens is 1. The van der Waals surface area contributed by atoms with Gasteiger partial charge >= 0.3 is 0 Å². The van der Waals surface area contributed by atoms with Crippen LogP contribution in [0.25, 0.3) is 0 Å². The molecule has 3 nitrogen and oxygen atoms in total. The zero-order valence-corrected chi connectivity index (χ0v) is 12.6. The third-order valence-corrected chi connectivity index (χ3v) is 5.04. The molecule has 1 aromatic heterocycles. The monoisotopic (exact) mass is 289 g/mol. The Labute approximate surface area is 120 Å². The molecule has 1 heterocycles. The number of rotatable bonds is 5. The van der Waals surface area contributed by atoms with Gasteiger partial charge in [-0.1, -0.05) is 32.0 Å². The molecule has 0 aliphatic heterocycles. The Morgan fingerprint density at radius 3 is 2.45 bits per heavy atom. The average Bonchev–Trinajstić information content (AvgIpc) is 2.46. The van der Waals surface area contributed by atoms with E-state index in [1.54, 1.807) is 36.7 Å². The molecule has 0 aliphatic carbocycles. The maximum atomic E-state index is 12.3. The molecule has 4 heteroatoms. The molecular formula is C16H19NO2S. The largest absolute Gasteiger partial charge is 0.264 e. The Kier molecular flexibility index (Phi) is 4.55. The van der Waals surface area contributed by atoms with E-state index in [2.05, 4.69) is 18.8 Å². The molecule has 106 valence electrons. The van der Waals surface area contributed by atoms with E-state index < -0.39 is 9.84 Å². The Morgan fingerprint density at radius 2 is 1.80 bits per heavy atom. The summed E-state index contributed by atoms with van der Waals surface area (Å²) >= 11 is 0. The van der Waals surface area contributed by atoms with Crippen LogP contribution in [0.2, 0.25) is 0 Å². The highest BCUT2D eigenvalue weighted by molar-refractivity contribution is 7.91. The van der Waals surface area contributed by atoms with Crippen molar-refractivity contribution in [2.75, 3.05) is 5.75 Å². The zero-order valence-electron chi connectivity index (χ0n) is 11.8. The third-order valence-electron chi connectivity index (χ3n) is 3.31. The quantitative estimate of drug-likeness (QED) is 0.849. The molecule has 0 atom stereocenters. The topological polar surface area (TPSA) is 47.0 Å². The van der Waals surface area contributed by atoms with Gasteiger partial charge in [0.1, 0.15) is 0 Å². The summed E-state index contributed by atoms with van der Waals surface area (Å²) in [6.07, 6.45) is 4.03. The van der Waals surface area contributed by atoms with E-state index in [-0.39, 0.29) is 5.75 Å². The second-order valence-electron chi connectivity index (χ2n) is 5.11. The summed E-state index contributed by atoms with van der Waals surface area (Å²) in [7, 11) is -3.23. The van der Waals surface area contributed by atoms with E-state index in [0.29, 0.717) is 17.2 Å². The first-order valence-corrected chi connectivity index (χ1v) is 8.36. The number of sulfone groups is 1. The van der Waals surface area contributed by atoms with Gasteiger partial charge in [-0.05, 0) is 41.7 Å². The predicted octanol–water partition coefficient (Wildman–Crippen LogP) is 3.22. The second-order valence-corrected chi connectivity index (χ2v) is 7.22. The third kappa shape index (κ3) is 3.45. The SMILES string of the molecule is CC(C)c1ccncc1CCS(=O)(=O)c1ccccc1. The number of nitrogens with zero attached hydrogens (tertiary/aromatic N) is 1. The van der Waals surface area contributed by atoms with Crippen LogP contribution in [0, 0.1) is 0 Å². The molecule has 0 aliphatic rings. The van der Waals surface area contributed by atoms with Gasteiger partial charge < -0.3 is 0 Å². The van der Waals surface area contributed by atoms with Crippen LogP contribution in [0.1, 0.15) is 30.9 Å². The van der Waals surface area contributed by atoms with Crippen LogP contribution in [0.4, 0.5) is 0 Å². The smallest absolute Gasteiger partial charge is 0.178 e. The highest BCUT2D eigenvalue weighted by Gasteiger charge is 2.15. The fourth-order valence-corrected chi connectivity index (χ4v) is 3.50. The molecule has 0 saturated heterocycles. The maximum absolute atomic E-state index is 12.3. The fourth-order valence-electron chi connectivity index (χ4n) is 2.20. The van der Waals surface area contributed by atoms with E-state index in [9.17, 15) is 8.42 Å². The van der Waals surface area contributed by atoms with Crippen LogP contribution in [0.3, 0.4) is 0 Å². The Hall–Kier alpha value is -1.68. The van der Waals surface area contributed by atoms with Gasteiger partial charge in [-0.25, -0.2) is 8.42 Å². The summed E-state index contributed by atoms with van der Waals surface area (Å²) in [4.78, 5) is 4.49. The number of benzene rings is 1. The van der Waals surface area contributed by atoms with Gasteiger partial charge in [-0.2, -0.15) is 0 Å². The highest BCUT2D eigenvalue weighted by atomic mass is 32.2. The number of hydrogen-bond donors (Lipinski definition) is 0. The first kappa shape index (κ1) is 14.7. The van der Waals surface area contributed by atoms with Gasteiger partial charge in [-0.15, -0.1) is 0 Å². The van der Waals surface area contributed by atoms with Gasteiger partial charge in [0, 0.05) is 12.4 Å². The molecular weight excluding hydrogens is 270 g/mol. The van der Waals surface area contributed by atoms with Crippen molar-refractivity contribution < 1.29 is 8.42 Å². The van der Waals surface area contributed by atoms with Crippen LogP contribution < -0.4 is 0 Å². The molecule has 0 bridgehead atoms. The summed E-state index contributed by atoms with van der Waals surface area (Å²) in [6, 6.07) is 10.6. The van der Waals surface area contributed by atoms with Gasteiger partial charge in [0.25, 0.3) is 0 Å². The molecule has 20 heavy (non-hydrogen) atoms. The molecule has 0 unspecified atom stereocenters. The zero-order chi connectivity index (χ0) is 14.6. The van der Waals surface area contributed by atoms with Gasteiger partial charge in [0.05, 0.1) is 10.6 Å². The van der Waals surface area contributed by atoms with Crippen LogP contribution in [-0.2, 0) is 16.3 Å². The minimum absolute atomic E-state index is 0.114. The van der Waals surface area contributed by atoms with Gasteiger partial charge in [-0.3, -0.25) is 4.98 Å². The average molecular weight is 289 g/mol. The fraction of sp³-hybridized carbons (Fsp3) is 0.312. The van der Waals surface area contributed by atoms with Crippen molar-refractivity contribution in [3.63, 3.8) is 0 Å². The van der Waals surface area contributed by atoms with Crippen molar-refractivity contribution in [3.05, 3.63) is 59.9 Å². The Balaban J connectivity index is 2.17. The molecule has 0 fully saturated rings. The van der Waals surface area contributed by atoms with Crippen molar-refractivity contribution in [3.8, 4) is 0 Å². The van der Waals surface area contributed by atoms with Crippen LogP contribution >= 0.6 is 0 Å². The Morgan fingerprint density at radius 1 is 1.10 bits per heavy atom. The summed E-state index contributed by atoms with van der Waals surface area (Å²) in [6.45, 7) is 4.20. The van der Waals surface area contributed by atoms with Crippen molar-refractivity contribution in [2.24, 2.45) is 0 Å². The molecule has 1 aromatic carbocycles. The van der Waals surface area contributed by atoms with Crippen molar-refractivity contribution in [1.29, 1.82) is 0 Å². The van der Waals surface area contributed by atoms with Crippen molar-refractivity contribution in [2.45, 2.75) is 31.1 Å². The highest BCUT2D eigenvalue weighted by Crippen LogP contribution is 2.20. The van der Waals surface area contributed by atoms with E-state index >= 15 is 0 Å². The van der Waals surface area contributed by atoms with Gasteiger partial charge in [0.15, 0.2) is 9.84 Å². The standard InChI is InChI=1S/C16H19NO2S/c1-13(2)16-8-10-17-12-14(16)9-11-20(18,19)15-6-4-3-5-7-15/h3-8,10,12-13H,9,11H2,1-2H3. The van der Waals surface area contributed by atoms with Crippen molar-refractivity contribution >= 4 is 9.84 Å². The van der Waals surface area contributed by atoms with Crippen LogP contribution in [0.15, 0.2) is 53.7 Å². The molecule has 0 saturated carbocycles. The minimum Gasteiger partial charge on any atom is -0.264 e. The predicted molar refractivity (Wildman–Crippen MR) is 80.5 cm³/mol. The molecule has 0 N–H and O–H groups in total. The summed E-state index contributed by atoms with van der Waals surface area (Å²) in [5, 5.41) is 0. The first-order valence-electron chi connectivity index (χ1n) is 6.71. The Bertz CT molecular complexity index is 664. The number of aryl methyl sites for hydroxylation is 1. The van der Waals surface area contributed by atoms with E-state index in [0.717, 1.165) is 5.56 Å². The number of pyridine rings is 1. The van der Waals surface area contributed by atoms with Crippen LogP contribution in [0.5, 0.6) is 0 Å². The van der Waals surface area contributed by atoms with E-state index in [1.807, 2.05) is 12.1 Å². The first-order chi connectivity index (χ1) is 9.50. The summed E-state index contributed by atoms with van der Waals surface area (Å²) in [5.41, 5.74) is 2.19. The number of hydrogen-bond acceptors (Lipinski definition) is 3. The molecule has 0 radical (unpaired) electrons. The summed E-state index contributed by atoms with van der Waals surface area (Å²) < 4.78 is 24.5. The lowest BCUT2D eigenvalue weighted by molar-refractivity contribution is 0.595. The second kappa shape index (κ2) is 6.18. The lowest BCUT2D eigenvalue weighted by Gasteiger charge is -2.12.